The molecular formula is C19H25NO4. The molecule has 0 aromatic rings. The van der Waals surface area contributed by atoms with Gasteiger partial charge in [0, 0.05) is 36.3 Å². The van der Waals surface area contributed by atoms with Crippen LogP contribution < -0.4 is 0 Å². The molecule has 8 atom stereocenters. The number of esters is 1. The van der Waals surface area contributed by atoms with Crippen LogP contribution in [0.2, 0.25) is 0 Å². The molecule has 1 spiro atoms. The Kier molecular flexibility index (Phi) is 2.81. The van der Waals surface area contributed by atoms with Crippen LogP contribution in [0.3, 0.4) is 0 Å². The molecule has 1 aliphatic heterocycles. The average Bonchev–Trinajstić information content (AvgIpc) is 2.94. The molecular weight excluding hydrogens is 306 g/mol. The summed E-state index contributed by atoms with van der Waals surface area (Å²) in [5.41, 5.74) is -0.167. The van der Waals surface area contributed by atoms with Gasteiger partial charge in [-0.15, -0.1) is 0 Å². The van der Waals surface area contributed by atoms with Gasteiger partial charge in [-0.3, -0.25) is 9.59 Å². The summed E-state index contributed by atoms with van der Waals surface area (Å²) in [7, 11) is 0. The number of aliphatic hydroxyl groups is 1. The predicted octanol–water partition coefficient (Wildman–Crippen LogP) is 2.10. The Balaban J connectivity index is 1.62. The van der Waals surface area contributed by atoms with Crippen LogP contribution in [0.4, 0.5) is 0 Å². The summed E-state index contributed by atoms with van der Waals surface area (Å²) >= 11 is 0. The Labute approximate surface area is 141 Å². The van der Waals surface area contributed by atoms with Gasteiger partial charge in [0.15, 0.2) is 0 Å². The largest absolute Gasteiger partial charge is 0.458 e. The number of carbonyl (C=O) groups excluding carboxylic acids is 2. The minimum atomic E-state index is -0.640. The molecule has 24 heavy (non-hydrogen) atoms. The minimum Gasteiger partial charge on any atom is -0.458 e. The number of carbonyl (C=O) groups is 2. The molecule has 130 valence electrons. The lowest BCUT2D eigenvalue weighted by atomic mass is 9.46. The molecule has 0 aromatic carbocycles. The van der Waals surface area contributed by atoms with E-state index < -0.39 is 11.7 Å². The maximum absolute atomic E-state index is 12.7. The van der Waals surface area contributed by atoms with Crippen molar-refractivity contribution in [3.05, 3.63) is 0 Å². The zero-order valence-corrected chi connectivity index (χ0v) is 14.1. The van der Waals surface area contributed by atoms with Crippen molar-refractivity contribution in [2.45, 2.75) is 63.6 Å². The van der Waals surface area contributed by atoms with Gasteiger partial charge in [0.25, 0.3) is 0 Å². The van der Waals surface area contributed by atoms with Crippen LogP contribution in [0, 0.1) is 40.4 Å². The molecule has 4 saturated carbocycles. The SMILES string of the molecule is CC12C[C@@H](O)C3C(C1CCC2=N)[C@H]1C[C@]2(CC(=O)CCC32)OC1=O. The van der Waals surface area contributed by atoms with E-state index >= 15 is 0 Å². The standard InChI is InChI=1S/C19H25NO4/c1-18-8-13(22)16-12-3-2-9(21)6-19(12)7-10(17(23)24-19)15(16)11(18)4-5-14(18)20/h10-13,15-16,20,22H,2-8H2,1H3/t10-,11?,12?,13-,15?,16?,18?,19+/m1/s1. The molecule has 0 radical (unpaired) electrons. The van der Waals surface area contributed by atoms with Crippen molar-refractivity contribution < 1.29 is 19.4 Å². The van der Waals surface area contributed by atoms with Gasteiger partial charge in [-0.25, -0.2) is 0 Å². The summed E-state index contributed by atoms with van der Waals surface area (Å²) < 4.78 is 5.87. The van der Waals surface area contributed by atoms with Crippen molar-refractivity contribution in [3.63, 3.8) is 0 Å². The molecule has 5 heteroatoms. The van der Waals surface area contributed by atoms with Crippen LogP contribution in [0.15, 0.2) is 0 Å². The normalized spacial score (nSPS) is 55.7. The van der Waals surface area contributed by atoms with E-state index in [4.69, 9.17) is 10.1 Å². The lowest BCUT2D eigenvalue weighted by Crippen LogP contribution is -2.60. The molecule has 5 unspecified atom stereocenters. The van der Waals surface area contributed by atoms with Crippen molar-refractivity contribution in [3.8, 4) is 0 Å². The highest BCUT2D eigenvalue weighted by molar-refractivity contribution is 5.90. The number of fused-ring (bicyclic) bond motifs is 6. The van der Waals surface area contributed by atoms with Gasteiger partial charge < -0.3 is 15.3 Å². The maximum Gasteiger partial charge on any atom is 0.309 e. The van der Waals surface area contributed by atoms with Crippen LogP contribution in [0.5, 0.6) is 0 Å². The molecule has 0 aromatic heterocycles. The summed E-state index contributed by atoms with van der Waals surface area (Å²) in [6.45, 7) is 2.11. The number of rotatable bonds is 0. The second kappa shape index (κ2) is 4.48. The molecule has 1 heterocycles. The van der Waals surface area contributed by atoms with E-state index in [-0.39, 0.29) is 40.8 Å². The number of ether oxygens (including phenoxy) is 1. The summed E-state index contributed by atoms with van der Waals surface area (Å²) in [6.07, 6.45) is 4.13. The second-order valence-corrected chi connectivity index (χ2v) is 9.12. The predicted molar refractivity (Wildman–Crippen MR) is 85.4 cm³/mol. The average molecular weight is 331 g/mol. The van der Waals surface area contributed by atoms with Crippen LogP contribution >= 0.6 is 0 Å². The van der Waals surface area contributed by atoms with Gasteiger partial charge in [-0.1, -0.05) is 6.92 Å². The van der Waals surface area contributed by atoms with Gasteiger partial charge in [0.2, 0.25) is 0 Å². The van der Waals surface area contributed by atoms with Gasteiger partial charge in [0.1, 0.15) is 11.4 Å². The van der Waals surface area contributed by atoms with Gasteiger partial charge in [0.05, 0.1) is 12.0 Å². The number of ketones is 1. The molecule has 4 aliphatic carbocycles. The fourth-order valence-electron chi connectivity index (χ4n) is 7.28. The van der Waals surface area contributed by atoms with Gasteiger partial charge in [-0.2, -0.15) is 0 Å². The van der Waals surface area contributed by atoms with Gasteiger partial charge >= 0.3 is 5.97 Å². The van der Waals surface area contributed by atoms with Crippen LogP contribution in [0.25, 0.3) is 0 Å². The molecule has 2 N–H and O–H groups in total. The zero-order valence-electron chi connectivity index (χ0n) is 14.1. The molecule has 2 bridgehead atoms. The van der Waals surface area contributed by atoms with Crippen molar-refractivity contribution in [2.24, 2.45) is 35.0 Å². The number of nitrogens with one attached hydrogen (secondary N) is 1. The van der Waals surface area contributed by atoms with E-state index in [2.05, 4.69) is 6.92 Å². The third-order valence-corrected chi connectivity index (χ3v) is 8.21. The lowest BCUT2D eigenvalue weighted by Gasteiger charge is -2.57. The topological polar surface area (TPSA) is 87.4 Å². The first-order valence-electron chi connectivity index (χ1n) is 9.36. The van der Waals surface area contributed by atoms with E-state index in [0.717, 1.165) is 25.0 Å². The summed E-state index contributed by atoms with van der Waals surface area (Å²) in [5.74, 6) is 0.410. The molecule has 1 saturated heterocycles. The number of hydrogen-bond donors (Lipinski definition) is 2. The molecule has 5 aliphatic rings. The lowest BCUT2D eigenvalue weighted by molar-refractivity contribution is -0.170. The molecule has 5 rings (SSSR count). The Morgan fingerprint density at radius 1 is 1.12 bits per heavy atom. The van der Waals surface area contributed by atoms with Crippen molar-refractivity contribution in [1.29, 1.82) is 5.41 Å². The quantitative estimate of drug-likeness (QED) is 0.666. The zero-order chi connectivity index (χ0) is 16.9. The minimum absolute atomic E-state index is 0.0484. The summed E-state index contributed by atoms with van der Waals surface area (Å²) in [4.78, 5) is 24.7. The third-order valence-electron chi connectivity index (χ3n) is 8.21. The van der Waals surface area contributed by atoms with Crippen molar-refractivity contribution in [1.82, 2.24) is 0 Å². The van der Waals surface area contributed by atoms with E-state index in [1.807, 2.05) is 0 Å². The van der Waals surface area contributed by atoms with Crippen LogP contribution in [0.1, 0.15) is 51.9 Å². The first-order valence-corrected chi connectivity index (χ1v) is 9.36. The monoisotopic (exact) mass is 331 g/mol. The summed E-state index contributed by atoms with van der Waals surface area (Å²) in [6, 6.07) is 0. The number of hydrogen-bond acceptors (Lipinski definition) is 5. The Morgan fingerprint density at radius 2 is 1.88 bits per heavy atom. The first kappa shape index (κ1) is 15.1. The molecule has 5 fully saturated rings. The fourth-order valence-corrected chi connectivity index (χ4v) is 7.28. The van der Waals surface area contributed by atoms with E-state index in [1.165, 1.54) is 0 Å². The fraction of sp³-hybridized carbons (Fsp3) is 0.842. The Bertz CT molecular complexity index is 660. The highest BCUT2D eigenvalue weighted by atomic mass is 16.6. The summed E-state index contributed by atoms with van der Waals surface area (Å²) in [5, 5.41) is 19.4. The Morgan fingerprint density at radius 3 is 2.67 bits per heavy atom. The van der Waals surface area contributed by atoms with Crippen LogP contribution in [-0.4, -0.2) is 34.3 Å². The van der Waals surface area contributed by atoms with Crippen LogP contribution in [-0.2, 0) is 14.3 Å². The number of Topliss-reactive ketones (excluding diaryl/α,β-unsaturated/α-hetero) is 1. The molecule has 5 nitrogen and oxygen atoms in total. The van der Waals surface area contributed by atoms with E-state index in [9.17, 15) is 14.7 Å². The van der Waals surface area contributed by atoms with E-state index in [0.29, 0.717) is 31.6 Å². The highest BCUT2D eigenvalue weighted by Crippen LogP contribution is 2.66. The number of aliphatic hydroxyl groups excluding tert-OH is 1. The highest BCUT2D eigenvalue weighted by Gasteiger charge is 2.70. The van der Waals surface area contributed by atoms with Gasteiger partial charge in [-0.05, 0) is 43.4 Å². The molecule has 0 amide bonds. The maximum atomic E-state index is 12.7. The first-order chi connectivity index (χ1) is 11.4. The second-order valence-electron chi connectivity index (χ2n) is 9.12. The van der Waals surface area contributed by atoms with E-state index in [1.54, 1.807) is 0 Å². The van der Waals surface area contributed by atoms with Crippen molar-refractivity contribution in [2.75, 3.05) is 0 Å². The van der Waals surface area contributed by atoms with Crippen molar-refractivity contribution >= 4 is 17.5 Å². The smallest absolute Gasteiger partial charge is 0.309 e. The Hall–Kier alpha value is -1.23. The third kappa shape index (κ3) is 1.62.